The van der Waals surface area contributed by atoms with Crippen molar-refractivity contribution in [1.29, 1.82) is 0 Å². The summed E-state index contributed by atoms with van der Waals surface area (Å²) in [6, 6.07) is 15.3. The second-order valence-corrected chi connectivity index (χ2v) is 6.39. The first kappa shape index (κ1) is 19.6. The fraction of sp³-hybridized carbons (Fsp3) is 0.150. The monoisotopic (exact) mass is 401 g/mol. The minimum Gasteiger partial charge on any atom is -0.480 e. The summed E-state index contributed by atoms with van der Waals surface area (Å²) < 4.78 is 15.1. The molecule has 3 rings (SSSR count). The third kappa shape index (κ3) is 4.37. The highest BCUT2D eigenvalue weighted by Crippen LogP contribution is 2.28. The molecular formula is C20H17ClFN3O3. The lowest BCUT2D eigenvalue weighted by Gasteiger charge is -2.15. The molecule has 0 unspecified atom stereocenters. The Kier molecular flexibility index (Phi) is 6.06. The molecule has 0 amide bonds. The van der Waals surface area contributed by atoms with E-state index in [-0.39, 0.29) is 22.2 Å². The molecule has 3 aromatic rings. The zero-order valence-electron chi connectivity index (χ0n) is 14.7. The fourth-order valence-corrected chi connectivity index (χ4v) is 3.11. The van der Waals surface area contributed by atoms with Crippen molar-refractivity contribution in [2.45, 2.75) is 13.0 Å². The molecule has 0 saturated carbocycles. The Balaban J connectivity index is 1.97. The first-order valence-electron chi connectivity index (χ1n) is 8.52. The van der Waals surface area contributed by atoms with Crippen LogP contribution in [0.15, 0.2) is 59.4 Å². The van der Waals surface area contributed by atoms with Gasteiger partial charge in [-0.25, -0.2) is 9.37 Å². The van der Waals surface area contributed by atoms with E-state index in [0.29, 0.717) is 13.0 Å². The molecule has 28 heavy (non-hydrogen) atoms. The van der Waals surface area contributed by atoms with Gasteiger partial charge in [-0.2, -0.15) is 0 Å². The summed E-state index contributed by atoms with van der Waals surface area (Å²) in [4.78, 5) is 28.1. The van der Waals surface area contributed by atoms with Crippen molar-refractivity contribution in [1.82, 2.24) is 9.55 Å². The highest BCUT2D eigenvalue weighted by Gasteiger charge is 2.20. The third-order valence-electron chi connectivity index (χ3n) is 4.09. The van der Waals surface area contributed by atoms with Crippen LogP contribution in [0, 0.1) is 5.82 Å². The number of carboxylic acids is 1. The van der Waals surface area contributed by atoms with Gasteiger partial charge >= 0.3 is 5.97 Å². The standard InChI is InChI=1S/C20H17ClFN3O3/c21-18-17(14-8-4-5-9-15(14)22)25(12-16(26)27)20(28)19(24-18)23-11-10-13-6-2-1-3-7-13/h1-9H,10-12H2,(H,23,24)(H,26,27). The number of aliphatic carboxylic acids is 1. The number of nitrogens with zero attached hydrogens (tertiary/aromatic N) is 2. The second-order valence-electron chi connectivity index (χ2n) is 6.03. The van der Waals surface area contributed by atoms with Gasteiger partial charge in [0.1, 0.15) is 12.4 Å². The Bertz CT molecular complexity index is 1050. The Labute approximate surface area is 165 Å². The van der Waals surface area contributed by atoms with E-state index < -0.39 is 23.9 Å². The molecule has 2 aromatic carbocycles. The third-order valence-corrected chi connectivity index (χ3v) is 4.36. The summed E-state index contributed by atoms with van der Waals surface area (Å²) in [6.45, 7) is -0.271. The molecule has 0 aliphatic heterocycles. The average molecular weight is 402 g/mol. The zero-order valence-corrected chi connectivity index (χ0v) is 15.5. The van der Waals surface area contributed by atoms with Crippen molar-refractivity contribution in [2.75, 3.05) is 11.9 Å². The number of rotatable bonds is 7. The van der Waals surface area contributed by atoms with Crippen LogP contribution in [0.1, 0.15) is 5.56 Å². The molecule has 8 heteroatoms. The lowest BCUT2D eigenvalue weighted by atomic mass is 10.1. The Morgan fingerprint density at radius 2 is 1.82 bits per heavy atom. The molecule has 0 fully saturated rings. The predicted molar refractivity (Wildman–Crippen MR) is 105 cm³/mol. The second kappa shape index (κ2) is 8.67. The fourth-order valence-electron chi connectivity index (χ4n) is 2.82. The number of nitrogens with one attached hydrogen (secondary N) is 1. The minimum absolute atomic E-state index is 0.00851. The Hall–Kier alpha value is -3.19. The summed E-state index contributed by atoms with van der Waals surface area (Å²) in [5.74, 6) is -1.96. The molecule has 1 aromatic heterocycles. The summed E-state index contributed by atoms with van der Waals surface area (Å²) in [5.41, 5.74) is 0.322. The number of halogens is 2. The maximum atomic E-state index is 14.2. The molecule has 144 valence electrons. The first-order valence-corrected chi connectivity index (χ1v) is 8.90. The lowest BCUT2D eigenvalue weighted by molar-refractivity contribution is -0.137. The van der Waals surface area contributed by atoms with Crippen molar-refractivity contribution in [3.05, 3.63) is 81.5 Å². The van der Waals surface area contributed by atoms with Crippen LogP contribution in [0.2, 0.25) is 5.15 Å². The molecule has 6 nitrogen and oxygen atoms in total. The van der Waals surface area contributed by atoms with Gasteiger partial charge in [-0.1, -0.05) is 54.1 Å². The van der Waals surface area contributed by atoms with Gasteiger partial charge in [0.05, 0.1) is 5.69 Å². The van der Waals surface area contributed by atoms with Crippen molar-refractivity contribution in [3.63, 3.8) is 0 Å². The van der Waals surface area contributed by atoms with E-state index in [1.165, 1.54) is 18.2 Å². The normalized spacial score (nSPS) is 10.6. The number of hydrogen-bond donors (Lipinski definition) is 2. The highest BCUT2D eigenvalue weighted by molar-refractivity contribution is 6.32. The van der Waals surface area contributed by atoms with Crippen LogP contribution in [-0.4, -0.2) is 27.2 Å². The van der Waals surface area contributed by atoms with Crippen molar-refractivity contribution in [2.24, 2.45) is 0 Å². The number of carbonyl (C=O) groups is 1. The largest absolute Gasteiger partial charge is 0.480 e. The number of hydrogen-bond acceptors (Lipinski definition) is 4. The van der Waals surface area contributed by atoms with E-state index >= 15 is 0 Å². The van der Waals surface area contributed by atoms with Crippen LogP contribution >= 0.6 is 11.6 Å². The molecule has 0 atom stereocenters. The van der Waals surface area contributed by atoms with Gasteiger partial charge in [-0.15, -0.1) is 0 Å². The van der Waals surface area contributed by atoms with Gasteiger partial charge in [-0.05, 0) is 24.1 Å². The lowest BCUT2D eigenvalue weighted by Crippen LogP contribution is -2.30. The van der Waals surface area contributed by atoms with Crippen molar-refractivity contribution < 1.29 is 14.3 Å². The van der Waals surface area contributed by atoms with Gasteiger partial charge in [0.15, 0.2) is 11.0 Å². The zero-order chi connectivity index (χ0) is 20.1. The highest BCUT2D eigenvalue weighted by atomic mass is 35.5. The number of benzene rings is 2. The number of carboxylic acid groups (broad SMARTS) is 1. The molecule has 1 heterocycles. The number of aromatic nitrogens is 2. The molecule has 0 radical (unpaired) electrons. The Morgan fingerprint density at radius 3 is 2.50 bits per heavy atom. The predicted octanol–water partition coefficient (Wildman–Crippen LogP) is 3.44. The van der Waals surface area contributed by atoms with E-state index in [1.807, 2.05) is 30.3 Å². The summed E-state index contributed by atoms with van der Waals surface area (Å²) in [6.07, 6.45) is 0.633. The molecule has 0 saturated heterocycles. The van der Waals surface area contributed by atoms with Crippen LogP contribution in [0.4, 0.5) is 10.2 Å². The molecule has 2 N–H and O–H groups in total. The smallest absolute Gasteiger partial charge is 0.323 e. The number of anilines is 1. The van der Waals surface area contributed by atoms with Gasteiger partial charge < -0.3 is 10.4 Å². The Morgan fingerprint density at radius 1 is 1.14 bits per heavy atom. The van der Waals surface area contributed by atoms with E-state index in [0.717, 1.165) is 10.1 Å². The summed E-state index contributed by atoms with van der Waals surface area (Å²) >= 11 is 6.22. The first-order chi connectivity index (χ1) is 13.5. The van der Waals surface area contributed by atoms with Gasteiger partial charge in [0, 0.05) is 12.1 Å². The maximum absolute atomic E-state index is 14.2. The van der Waals surface area contributed by atoms with E-state index in [4.69, 9.17) is 11.6 Å². The van der Waals surface area contributed by atoms with Crippen LogP contribution in [0.5, 0.6) is 0 Å². The van der Waals surface area contributed by atoms with E-state index in [1.54, 1.807) is 6.07 Å². The van der Waals surface area contributed by atoms with Gasteiger partial charge in [0.2, 0.25) is 0 Å². The van der Waals surface area contributed by atoms with Crippen molar-refractivity contribution >= 4 is 23.4 Å². The SMILES string of the molecule is O=C(O)Cn1c(-c2ccccc2F)c(Cl)nc(NCCc2ccccc2)c1=O. The molecule has 0 bridgehead atoms. The molecule has 0 aliphatic carbocycles. The molecule has 0 spiro atoms. The van der Waals surface area contributed by atoms with Crippen LogP contribution in [-0.2, 0) is 17.8 Å². The summed E-state index contributed by atoms with van der Waals surface area (Å²) in [5, 5.41) is 11.9. The minimum atomic E-state index is -1.25. The average Bonchev–Trinajstić information content (AvgIpc) is 2.67. The summed E-state index contributed by atoms with van der Waals surface area (Å²) in [7, 11) is 0. The van der Waals surface area contributed by atoms with E-state index in [2.05, 4.69) is 10.3 Å². The van der Waals surface area contributed by atoms with Crippen LogP contribution in [0.3, 0.4) is 0 Å². The van der Waals surface area contributed by atoms with Crippen LogP contribution < -0.4 is 10.9 Å². The quantitative estimate of drug-likeness (QED) is 0.633. The van der Waals surface area contributed by atoms with Crippen LogP contribution in [0.25, 0.3) is 11.3 Å². The van der Waals surface area contributed by atoms with Gasteiger partial charge in [0.25, 0.3) is 5.56 Å². The maximum Gasteiger partial charge on any atom is 0.323 e. The molecular weight excluding hydrogens is 385 g/mol. The van der Waals surface area contributed by atoms with E-state index in [9.17, 15) is 19.1 Å². The van der Waals surface area contributed by atoms with Gasteiger partial charge in [-0.3, -0.25) is 14.2 Å². The van der Waals surface area contributed by atoms with Crippen molar-refractivity contribution in [3.8, 4) is 11.3 Å². The molecule has 0 aliphatic rings. The topological polar surface area (TPSA) is 84.2 Å².